The molecule has 0 N–H and O–H groups in total. The highest BCUT2D eigenvalue weighted by molar-refractivity contribution is 6.74. The van der Waals surface area contributed by atoms with Gasteiger partial charge in [0.2, 0.25) is 0 Å². The fraction of sp³-hybridized carbons (Fsp3) is 0.878. The lowest BCUT2D eigenvalue weighted by Crippen LogP contribution is -2.59. The van der Waals surface area contributed by atoms with Gasteiger partial charge in [-0.25, -0.2) is 0 Å². The molecule has 11 nitrogen and oxygen atoms in total. The van der Waals surface area contributed by atoms with Crippen LogP contribution < -0.4 is 0 Å². The predicted molar refractivity (Wildman–Crippen MR) is 199 cm³/mol. The zero-order valence-corrected chi connectivity index (χ0v) is 35.0. The molecule has 0 amide bonds. The van der Waals surface area contributed by atoms with E-state index in [-0.39, 0.29) is 107 Å². The molecule has 6 rings (SSSR count). The van der Waals surface area contributed by atoms with Gasteiger partial charge in [0.15, 0.2) is 20.4 Å². The number of carbonyl (C=O) groups excluding carboxylic acids is 3. The number of allylic oxidation sites excluding steroid dienone is 2. The van der Waals surface area contributed by atoms with E-state index in [1.807, 2.05) is 13.8 Å². The van der Waals surface area contributed by atoms with Crippen molar-refractivity contribution in [1.29, 1.82) is 0 Å². The molecule has 6 unspecified atom stereocenters. The first kappa shape index (κ1) is 41.0. The van der Waals surface area contributed by atoms with E-state index in [1.54, 1.807) is 21.3 Å². The molecule has 0 spiro atoms. The van der Waals surface area contributed by atoms with Crippen molar-refractivity contribution in [3.05, 3.63) is 11.6 Å². The highest BCUT2D eigenvalue weighted by Gasteiger charge is 2.63. The van der Waals surface area contributed by atoms with Crippen molar-refractivity contribution in [3.63, 3.8) is 0 Å². The minimum atomic E-state index is -2.21. The van der Waals surface area contributed by atoms with Crippen LogP contribution in [-0.4, -0.2) is 102 Å². The summed E-state index contributed by atoms with van der Waals surface area (Å²) < 4.78 is 49.9. The van der Waals surface area contributed by atoms with Crippen LogP contribution in [0.1, 0.15) is 92.9 Å². The summed E-state index contributed by atoms with van der Waals surface area (Å²) in [4.78, 5) is 41.7. The molecular formula is C41H66O11Si. The molecule has 0 bridgehead atoms. The molecular weight excluding hydrogens is 697 g/mol. The van der Waals surface area contributed by atoms with Crippen molar-refractivity contribution in [2.75, 3.05) is 21.3 Å². The molecule has 300 valence electrons. The predicted octanol–water partition coefficient (Wildman–Crippen LogP) is 6.41. The van der Waals surface area contributed by atoms with Gasteiger partial charge in [-0.2, -0.15) is 0 Å². The molecule has 3 saturated heterocycles. The van der Waals surface area contributed by atoms with Crippen LogP contribution in [-0.2, 0) is 52.0 Å². The Balaban J connectivity index is 1.32. The first-order valence-corrected chi connectivity index (χ1v) is 23.2. The van der Waals surface area contributed by atoms with Gasteiger partial charge in [-0.05, 0) is 86.9 Å². The molecule has 16 atom stereocenters. The fourth-order valence-corrected chi connectivity index (χ4v) is 12.0. The average Bonchev–Trinajstić information content (AvgIpc) is 3.80. The van der Waals surface area contributed by atoms with Gasteiger partial charge in [0.1, 0.15) is 30.5 Å². The van der Waals surface area contributed by atoms with Crippen molar-refractivity contribution in [1.82, 2.24) is 0 Å². The van der Waals surface area contributed by atoms with Crippen molar-refractivity contribution < 1.29 is 52.0 Å². The van der Waals surface area contributed by atoms with Gasteiger partial charge in [-0.3, -0.25) is 14.4 Å². The molecule has 0 aromatic heterocycles. The highest BCUT2D eigenvalue weighted by atomic mass is 28.4. The summed E-state index contributed by atoms with van der Waals surface area (Å²) in [6, 6.07) is 0. The van der Waals surface area contributed by atoms with E-state index in [2.05, 4.69) is 46.9 Å². The minimum absolute atomic E-state index is 0.0115. The normalized spacial score (nSPS) is 43.8. The third-order valence-electron chi connectivity index (χ3n) is 14.3. The summed E-state index contributed by atoms with van der Waals surface area (Å²) in [7, 11) is 2.70. The maximum atomic E-state index is 14.9. The van der Waals surface area contributed by atoms with Crippen LogP contribution in [0.3, 0.4) is 0 Å². The molecule has 5 fully saturated rings. The van der Waals surface area contributed by atoms with Crippen molar-refractivity contribution in [2.24, 2.45) is 41.4 Å². The smallest absolute Gasteiger partial charge is 0.306 e. The monoisotopic (exact) mass is 762 g/mol. The summed E-state index contributed by atoms with van der Waals surface area (Å²) in [6.07, 6.45) is 3.96. The average molecular weight is 763 g/mol. The molecule has 0 aromatic carbocycles. The van der Waals surface area contributed by atoms with E-state index >= 15 is 0 Å². The summed E-state index contributed by atoms with van der Waals surface area (Å²) in [6.45, 7) is 17.2. The number of carbonyl (C=O) groups is 3. The number of ether oxygens (including phenoxy) is 7. The first-order chi connectivity index (χ1) is 25.0. The van der Waals surface area contributed by atoms with E-state index < -0.39 is 26.6 Å². The third-order valence-corrected chi connectivity index (χ3v) is 18.9. The van der Waals surface area contributed by atoms with E-state index in [9.17, 15) is 14.4 Å². The lowest BCUT2D eigenvalue weighted by atomic mass is 9.60. The molecule has 3 heterocycles. The second-order valence-corrected chi connectivity index (χ2v) is 23.1. The Labute approximate surface area is 318 Å². The van der Waals surface area contributed by atoms with Crippen LogP contribution >= 0.6 is 0 Å². The number of methoxy groups -OCH3 is 3. The van der Waals surface area contributed by atoms with Crippen LogP contribution in [0.25, 0.3) is 0 Å². The lowest BCUT2D eigenvalue weighted by Gasteiger charge is -2.45. The molecule has 12 heteroatoms. The SMILES string of the molecule is CC[C@H]1CCCC(O[Si](C)(C)C(C)(C)C)[C@@H](C)C(=O)C2=C[C@H]3[C@@H]4C[C@H](O[C@@H]5OC(C)[C@H](OC)C(OC)C5OC)C[C@H]4C4CC(=O)OC4[C@H]3[C@@H]2CC(=O)O1. The van der Waals surface area contributed by atoms with Gasteiger partial charge in [0.05, 0.1) is 31.2 Å². The summed E-state index contributed by atoms with van der Waals surface area (Å²) in [5.74, 6) is -1.19. The van der Waals surface area contributed by atoms with Crippen molar-refractivity contribution in [2.45, 2.75) is 166 Å². The van der Waals surface area contributed by atoms with E-state index in [0.29, 0.717) is 12.0 Å². The minimum Gasteiger partial charge on any atom is -0.462 e. The van der Waals surface area contributed by atoms with Crippen LogP contribution in [0, 0.1) is 41.4 Å². The second-order valence-electron chi connectivity index (χ2n) is 18.3. The number of rotatable bonds is 8. The first-order valence-electron chi connectivity index (χ1n) is 20.2. The van der Waals surface area contributed by atoms with Gasteiger partial charge in [-0.1, -0.05) is 40.7 Å². The van der Waals surface area contributed by atoms with Crippen LogP contribution in [0.15, 0.2) is 11.6 Å². The summed E-state index contributed by atoms with van der Waals surface area (Å²) >= 11 is 0. The van der Waals surface area contributed by atoms with Gasteiger partial charge >= 0.3 is 11.9 Å². The van der Waals surface area contributed by atoms with Gasteiger partial charge in [0, 0.05) is 45.0 Å². The molecule has 3 aliphatic carbocycles. The van der Waals surface area contributed by atoms with Gasteiger partial charge < -0.3 is 37.6 Å². The molecule has 53 heavy (non-hydrogen) atoms. The topological polar surface area (TPSA) is 125 Å². The largest absolute Gasteiger partial charge is 0.462 e. The Hall–Kier alpha value is -1.67. The Bertz CT molecular complexity index is 1380. The number of Topliss-reactive ketones (excluding diaryl/α,β-unsaturated/α-hetero) is 1. The number of ketones is 1. The van der Waals surface area contributed by atoms with Crippen LogP contribution in [0.4, 0.5) is 0 Å². The maximum Gasteiger partial charge on any atom is 0.306 e. The fourth-order valence-electron chi connectivity index (χ4n) is 10.6. The second kappa shape index (κ2) is 16.1. The zero-order valence-electron chi connectivity index (χ0n) is 34.0. The van der Waals surface area contributed by atoms with E-state index in [1.165, 1.54) is 0 Å². The maximum absolute atomic E-state index is 14.9. The van der Waals surface area contributed by atoms with Crippen molar-refractivity contribution >= 4 is 26.0 Å². The van der Waals surface area contributed by atoms with E-state index in [4.69, 9.17) is 37.6 Å². The summed E-state index contributed by atoms with van der Waals surface area (Å²) in [5.41, 5.74) is 0.686. The Morgan fingerprint density at radius 3 is 2.15 bits per heavy atom. The molecule has 6 aliphatic rings. The number of cyclic esters (lactones) is 1. The lowest BCUT2D eigenvalue weighted by molar-refractivity contribution is -0.314. The van der Waals surface area contributed by atoms with Crippen molar-refractivity contribution in [3.8, 4) is 0 Å². The number of esters is 2. The van der Waals surface area contributed by atoms with Gasteiger partial charge in [0.25, 0.3) is 0 Å². The molecule has 2 saturated carbocycles. The van der Waals surface area contributed by atoms with Crippen LogP contribution in [0.5, 0.6) is 0 Å². The third kappa shape index (κ3) is 7.85. The van der Waals surface area contributed by atoms with E-state index in [0.717, 1.165) is 38.5 Å². The summed E-state index contributed by atoms with van der Waals surface area (Å²) in [5, 5.41) is -0.0115. The number of fused-ring (bicyclic) bond motifs is 8. The number of hydrogen-bond donors (Lipinski definition) is 0. The Morgan fingerprint density at radius 1 is 0.849 bits per heavy atom. The highest BCUT2D eigenvalue weighted by Crippen LogP contribution is 2.61. The van der Waals surface area contributed by atoms with Crippen LogP contribution in [0.2, 0.25) is 18.1 Å². The Kier molecular flexibility index (Phi) is 12.4. The molecule has 0 radical (unpaired) electrons. The Morgan fingerprint density at radius 2 is 1.51 bits per heavy atom. The quantitative estimate of drug-likeness (QED) is 0.201. The standard InChI is InChI=1S/C41H66O11Si/c1-12-23-14-13-15-31(52-53(10,11)41(4,5)6)21(2)35(44)29-18-27-25-16-24(50-40-39(47-9)38(46-8)36(45-7)22(3)48-40)17-26(25)30-20-33(43)51-37(30)34(27)28(29)19-32(42)49-23/h18,21-28,30-31,34,36-40H,12-17,19-20H2,1-11H3/t21-,22?,23+,24+,25-,26-,27+,28-,30?,31?,34-,36+,37?,38?,39?,40+/m1/s1. The zero-order chi connectivity index (χ0) is 38.6. The molecule has 0 aromatic rings. The van der Waals surface area contributed by atoms with Gasteiger partial charge in [-0.15, -0.1) is 0 Å². The number of hydrogen-bond acceptors (Lipinski definition) is 11. The molecule has 3 aliphatic heterocycles.